The third-order valence-electron chi connectivity index (χ3n) is 5.31. The molecule has 0 saturated heterocycles. The Kier molecular flexibility index (Phi) is 19.9. The van der Waals surface area contributed by atoms with Crippen molar-refractivity contribution in [3.63, 3.8) is 0 Å². The molecule has 0 amide bonds. The van der Waals surface area contributed by atoms with Gasteiger partial charge < -0.3 is 9.84 Å². The lowest BCUT2D eigenvalue weighted by atomic mass is 10.0. The van der Waals surface area contributed by atoms with E-state index in [1.165, 1.54) is 77.0 Å². The second-order valence-electron chi connectivity index (χ2n) is 8.20. The van der Waals surface area contributed by atoms with Crippen molar-refractivity contribution in [3.05, 3.63) is 0 Å². The molecule has 166 valence electrons. The van der Waals surface area contributed by atoms with Crippen LogP contribution >= 0.6 is 0 Å². The van der Waals surface area contributed by atoms with Gasteiger partial charge in [0.1, 0.15) is 6.10 Å². The topological polar surface area (TPSA) is 63.6 Å². The van der Waals surface area contributed by atoms with E-state index < -0.39 is 12.1 Å². The van der Waals surface area contributed by atoms with Crippen LogP contribution in [-0.2, 0) is 14.3 Å². The molecule has 0 aromatic heterocycles. The van der Waals surface area contributed by atoms with Crippen molar-refractivity contribution < 1.29 is 19.4 Å². The number of hydrogen-bond donors (Lipinski definition) is 1. The SMILES string of the molecule is CCCCCCCCCCCC(=O)O[C@H](CCCCCCCCC)CC(=O)O. The number of ether oxygens (including phenoxy) is 1. The minimum atomic E-state index is -0.885. The van der Waals surface area contributed by atoms with Crippen LogP contribution in [0.1, 0.15) is 136 Å². The molecular weight excluding hydrogens is 352 g/mol. The van der Waals surface area contributed by atoms with Crippen molar-refractivity contribution in [1.29, 1.82) is 0 Å². The first kappa shape index (κ1) is 26.9. The van der Waals surface area contributed by atoms with Crippen LogP contribution in [0, 0.1) is 0 Å². The van der Waals surface area contributed by atoms with E-state index in [0.29, 0.717) is 12.8 Å². The number of rotatable bonds is 21. The lowest BCUT2D eigenvalue weighted by Crippen LogP contribution is -2.21. The van der Waals surface area contributed by atoms with Crippen LogP contribution in [0.15, 0.2) is 0 Å². The van der Waals surface area contributed by atoms with E-state index >= 15 is 0 Å². The van der Waals surface area contributed by atoms with E-state index in [1.54, 1.807) is 0 Å². The second kappa shape index (κ2) is 20.7. The molecule has 0 aliphatic rings. The number of hydrogen-bond acceptors (Lipinski definition) is 3. The molecule has 0 fully saturated rings. The molecule has 0 spiro atoms. The molecule has 0 heterocycles. The number of unbranched alkanes of at least 4 members (excludes halogenated alkanes) is 14. The molecule has 0 radical (unpaired) electrons. The van der Waals surface area contributed by atoms with Gasteiger partial charge in [-0.3, -0.25) is 9.59 Å². The lowest BCUT2D eigenvalue weighted by Gasteiger charge is -2.16. The fourth-order valence-electron chi connectivity index (χ4n) is 3.55. The van der Waals surface area contributed by atoms with E-state index in [4.69, 9.17) is 9.84 Å². The first-order chi connectivity index (χ1) is 13.6. The third-order valence-corrected chi connectivity index (χ3v) is 5.31. The summed E-state index contributed by atoms with van der Waals surface area (Å²) in [6.45, 7) is 4.44. The summed E-state index contributed by atoms with van der Waals surface area (Å²) in [6, 6.07) is 0. The van der Waals surface area contributed by atoms with Gasteiger partial charge in [-0.1, -0.05) is 104 Å². The molecule has 0 bridgehead atoms. The first-order valence-corrected chi connectivity index (χ1v) is 12.0. The van der Waals surface area contributed by atoms with Crippen molar-refractivity contribution in [1.82, 2.24) is 0 Å². The maximum absolute atomic E-state index is 12.0. The number of aliphatic carboxylic acids is 1. The van der Waals surface area contributed by atoms with E-state index in [9.17, 15) is 9.59 Å². The molecule has 4 nitrogen and oxygen atoms in total. The molecule has 0 rings (SSSR count). The number of carbonyl (C=O) groups excluding carboxylic acids is 1. The van der Waals surface area contributed by atoms with E-state index in [-0.39, 0.29) is 12.4 Å². The fraction of sp³-hybridized carbons (Fsp3) is 0.917. The van der Waals surface area contributed by atoms with Crippen molar-refractivity contribution in [2.45, 2.75) is 142 Å². The summed E-state index contributed by atoms with van der Waals surface area (Å²) in [6.07, 6.45) is 19.8. The van der Waals surface area contributed by atoms with Gasteiger partial charge >= 0.3 is 11.9 Å². The van der Waals surface area contributed by atoms with Crippen molar-refractivity contribution in [2.24, 2.45) is 0 Å². The number of esters is 1. The minimum absolute atomic E-state index is 0.0701. The number of carboxylic acids is 1. The van der Waals surface area contributed by atoms with Gasteiger partial charge in [0, 0.05) is 6.42 Å². The first-order valence-electron chi connectivity index (χ1n) is 12.0. The van der Waals surface area contributed by atoms with Gasteiger partial charge in [-0.25, -0.2) is 0 Å². The zero-order chi connectivity index (χ0) is 20.9. The van der Waals surface area contributed by atoms with Crippen LogP contribution in [0.2, 0.25) is 0 Å². The Morgan fingerprint density at radius 2 is 1.11 bits per heavy atom. The normalized spacial score (nSPS) is 12.1. The monoisotopic (exact) mass is 398 g/mol. The summed E-state index contributed by atoms with van der Waals surface area (Å²) in [5.41, 5.74) is 0. The predicted molar refractivity (Wildman–Crippen MR) is 117 cm³/mol. The van der Waals surface area contributed by atoms with Gasteiger partial charge in [-0.05, 0) is 19.3 Å². The average Bonchev–Trinajstić information content (AvgIpc) is 2.65. The standard InChI is InChI=1S/C24H46O4/c1-3-5-7-9-11-12-14-16-18-20-24(27)28-22(21-23(25)26)19-17-15-13-10-8-6-4-2/h22H,3-21H2,1-2H3,(H,25,26)/t22-/m1/s1. The van der Waals surface area contributed by atoms with Gasteiger partial charge in [0.15, 0.2) is 0 Å². The lowest BCUT2D eigenvalue weighted by molar-refractivity contribution is -0.153. The minimum Gasteiger partial charge on any atom is -0.481 e. The molecule has 0 aliphatic carbocycles. The Labute approximate surface area is 173 Å². The molecule has 28 heavy (non-hydrogen) atoms. The zero-order valence-electron chi connectivity index (χ0n) is 18.7. The van der Waals surface area contributed by atoms with Gasteiger partial charge in [-0.2, -0.15) is 0 Å². The molecule has 0 aromatic carbocycles. The van der Waals surface area contributed by atoms with Crippen LogP contribution in [0.4, 0.5) is 0 Å². The van der Waals surface area contributed by atoms with E-state index in [1.807, 2.05) is 0 Å². The summed E-state index contributed by atoms with van der Waals surface area (Å²) < 4.78 is 5.46. The predicted octanol–water partition coefficient (Wildman–Crippen LogP) is 7.43. The molecule has 0 saturated carbocycles. The highest BCUT2D eigenvalue weighted by molar-refractivity contribution is 5.71. The number of carbonyl (C=O) groups is 2. The summed E-state index contributed by atoms with van der Waals surface area (Å²) in [5, 5.41) is 9.06. The highest BCUT2D eigenvalue weighted by atomic mass is 16.5. The van der Waals surface area contributed by atoms with Gasteiger partial charge in [0.2, 0.25) is 0 Å². The maximum atomic E-state index is 12.0. The van der Waals surface area contributed by atoms with Crippen molar-refractivity contribution in [2.75, 3.05) is 0 Å². The fourth-order valence-corrected chi connectivity index (χ4v) is 3.55. The Bertz CT molecular complexity index is 368. The van der Waals surface area contributed by atoms with Crippen LogP contribution in [-0.4, -0.2) is 23.1 Å². The Hall–Kier alpha value is -1.06. The molecule has 0 aromatic rings. The third kappa shape index (κ3) is 19.7. The molecular formula is C24H46O4. The molecule has 4 heteroatoms. The molecule has 0 unspecified atom stereocenters. The second-order valence-corrected chi connectivity index (χ2v) is 8.20. The Balaban J connectivity index is 3.77. The Morgan fingerprint density at radius 3 is 1.57 bits per heavy atom. The molecule has 1 N–H and O–H groups in total. The van der Waals surface area contributed by atoms with Crippen LogP contribution in [0.5, 0.6) is 0 Å². The Morgan fingerprint density at radius 1 is 0.679 bits per heavy atom. The quantitative estimate of drug-likeness (QED) is 0.161. The van der Waals surface area contributed by atoms with Gasteiger partial charge in [0.25, 0.3) is 0 Å². The summed E-state index contributed by atoms with van der Waals surface area (Å²) in [7, 11) is 0. The van der Waals surface area contributed by atoms with Crippen LogP contribution < -0.4 is 0 Å². The summed E-state index contributed by atoms with van der Waals surface area (Å²) >= 11 is 0. The van der Waals surface area contributed by atoms with E-state index in [2.05, 4.69) is 13.8 Å². The van der Waals surface area contributed by atoms with Crippen LogP contribution in [0.3, 0.4) is 0 Å². The summed E-state index contributed by atoms with van der Waals surface area (Å²) in [5.74, 6) is -1.11. The summed E-state index contributed by atoms with van der Waals surface area (Å²) in [4.78, 5) is 23.1. The highest BCUT2D eigenvalue weighted by Crippen LogP contribution is 2.15. The smallest absolute Gasteiger partial charge is 0.307 e. The van der Waals surface area contributed by atoms with Crippen LogP contribution in [0.25, 0.3) is 0 Å². The average molecular weight is 399 g/mol. The molecule has 1 atom stereocenters. The maximum Gasteiger partial charge on any atom is 0.307 e. The van der Waals surface area contributed by atoms with Gasteiger partial charge in [0.05, 0.1) is 6.42 Å². The zero-order valence-corrected chi connectivity index (χ0v) is 18.7. The highest BCUT2D eigenvalue weighted by Gasteiger charge is 2.17. The molecule has 0 aliphatic heterocycles. The van der Waals surface area contributed by atoms with E-state index in [0.717, 1.165) is 25.7 Å². The van der Waals surface area contributed by atoms with Crippen molar-refractivity contribution >= 4 is 11.9 Å². The van der Waals surface area contributed by atoms with Crippen molar-refractivity contribution in [3.8, 4) is 0 Å². The number of carboxylic acid groups (broad SMARTS) is 1. The largest absolute Gasteiger partial charge is 0.481 e. The van der Waals surface area contributed by atoms with Gasteiger partial charge in [-0.15, -0.1) is 0 Å².